The third-order valence-electron chi connectivity index (χ3n) is 6.27. The second-order valence-corrected chi connectivity index (χ2v) is 9.45. The number of aliphatic imine (C=N–C) groups is 1. The standard InChI is InChI=1S/C24H44N10O5/c1-3-14(2)19(23(38)39)34-21(36)17(8-4-5-9-25)32-22(37)18(11-15-12-29-13-31-15)33-20(35)16(26)7-6-10-30-24(27)28/h12-14,16-19H,3-11,25-26H2,1-2H3,(H,29,31)(H,32,37)(H,33,35)(H,34,36)(H,38,39)(H4,27,28,30). The maximum absolute atomic E-state index is 13.4. The van der Waals surface area contributed by atoms with Crippen LogP contribution in [0, 0.1) is 5.92 Å². The Morgan fingerprint density at radius 1 is 1.03 bits per heavy atom. The second kappa shape index (κ2) is 17.7. The van der Waals surface area contributed by atoms with E-state index in [0.29, 0.717) is 44.5 Å². The van der Waals surface area contributed by atoms with Gasteiger partial charge in [-0.25, -0.2) is 9.78 Å². The van der Waals surface area contributed by atoms with Crippen molar-refractivity contribution in [1.82, 2.24) is 25.9 Å². The number of unbranched alkanes of at least 4 members (excludes halogenated alkanes) is 1. The normalized spacial score (nSPS) is 14.8. The summed E-state index contributed by atoms with van der Waals surface area (Å²) < 4.78 is 0. The van der Waals surface area contributed by atoms with Crippen LogP contribution in [-0.4, -0.2) is 82.0 Å². The molecule has 0 aliphatic heterocycles. The van der Waals surface area contributed by atoms with Gasteiger partial charge in [0.15, 0.2) is 5.96 Å². The van der Waals surface area contributed by atoms with Crippen LogP contribution in [0.4, 0.5) is 0 Å². The number of nitrogens with zero attached hydrogens (tertiary/aromatic N) is 2. The van der Waals surface area contributed by atoms with E-state index in [1.807, 2.05) is 6.92 Å². The quantitative estimate of drug-likeness (QED) is 0.0519. The first-order valence-corrected chi connectivity index (χ1v) is 13.1. The van der Waals surface area contributed by atoms with Gasteiger partial charge in [-0.1, -0.05) is 20.3 Å². The van der Waals surface area contributed by atoms with E-state index in [1.54, 1.807) is 6.92 Å². The Kier molecular flexibility index (Phi) is 15.1. The zero-order chi connectivity index (χ0) is 29.4. The highest BCUT2D eigenvalue weighted by atomic mass is 16.4. The first kappa shape index (κ1) is 33.3. The van der Waals surface area contributed by atoms with Gasteiger partial charge in [0.1, 0.15) is 18.1 Å². The van der Waals surface area contributed by atoms with Crippen molar-refractivity contribution in [2.75, 3.05) is 13.1 Å². The van der Waals surface area contributed by atoms with E-state index >= 15 is 0 Å². The van der Waals surface area contributed by atoms with Crippen molar-refractivity contribution in [3.63, 3.8) is 0 Å². The molecule has 0 aliphatic rings. The highest BCUT2D eigenvalue weighted by molar-refractivity contribution is 5.94. The molecule has 0 aliphatic carbocycles. The number of nitrogens with two attached hydrogens (primary N) is 4. The number of rotatable bonds is 19. The molecule has 0 fully saturated rings. The van der Waals surface area contributed by atoms with E-state index < -0.39 is 47.9 Å². The minimum absolute atomic E-state index is 0.0556. The Hall–Kier alpha value is -3.72. The van der Waals surface area contributed by atoms with Crippen LogP contribution in [0.5, 0.6) is 0 Å². The fraction of sp³-hybridized carbons (Fsp3) is 0.667. The van der Waals surface area contributed by atoms with E-state index in [9.17, 15) is 24.3 Å². The van der Waals surface area contributed by atoms with Gasteiger partial charge in [0.05, 0.1) is 12.4 Å². The number of carbonyl (C=O) groups excluding carboxylic acids is 3. The molecule has 15 heteroatoms. The van der Waals surface area contributed by atoms with Gasteiger partial charge < -0.3 is 49.0 Å². The first-order valence-electron chi connectivity index (χ1n) is 13.1. The van der Waals surface area contributed by atoms with Crippen molar-refractivity contribution in [2.45, 2.75) is 83.0 Å². The fourth-order valence-corrected chi connectivity index (χ4v) is 3.73. The van der Waals surface area contributed by atoms with Gasteiger partial charge in [-0.3, -0.25) is 19.4 Å². The summed E-state index contributed by atoms with van der Waals surface area (Å²) in [6, 6.07) is -4.17. The average Bonchev–Trinajstić information content (AvgIpc) is 3.40. The van der Waals surface area contributed by atoms with Gasteiger partial charge in [0, 0.05) is 24.9 Å². The number of aromatic nitrogens is 2. The van der Waals surface area contributed by atoms with E-state index in [0.717, 1.165) is 0 Å². The molecule has 1 heterocycles. The third kappa shape index (κ3) is 12.6. The Morgan fingerprint density at radius 3 is 2.26 bits per heavy atom. The molecule has 0 saturated heterocycles. The molecule has 3 amide bonds. The van der Waals surface area contributed by atoms with Crippen molar-refractivity contribution in [2.24, 2.45) is 33.8 Å². The molecule has 1 rings (SSSR count). The van der Waals surface area contributed by atoms with Crippen LogP contribution in [0.2, 0.25) is 0 Å². The zero-order valence-electron chi connectivity index (χ0n) is 22.7. The lowest BCUT2D eigenvalue weighted by Gasteiger charge is -2.26. The van der Waals surface area contributed by atoms with E-state index in [4.69, 9.17) is 22.9 Å². The minimum atomic E-state index is -1.16. The molecule has 13 N–H and O–H groups in total. The average molecular weight is 553 g/mol. The molecular weight excluding hydrogens is 508 g/mol. The molecule has 1 aromatic rings. The summed E-state index contributed by atoms with van der Waals surface area (Å²) in [6.45, 7) is 4.24. The molecule has 15 nitrogen and oxygen atoms in total. The molecule has 0 bridgehead atoms. The number of carbonyl (C=O) groups is 4. The fourth-order valence-electron chi connectivity index (χ4n) is 3.73. The van der Waals surface area contributed by atoms with E-state index in [1.165, 1.54) is 12.5 Å². The van der Waals surface area contributed by atoms with Crippen molar-refractivity contribution in [3.05, 3.63) is 18.2 Å². The van der Waals surface area contributed by atoms with Crippen LogP contribution >= 0.6 is 0 Å². The highest BCUT2D eigenvalue weighted by Gasteiger charge is 2.32. The Labute approximate surface area is 228 Å². The highest BCUT2D eigenvalue weighted by Crippen LogP contribution is 2.10. The van der Waals surface area contributed by atoms with Gasteiger partial charge in [-0.05, 0) is 44.6 Å². The lowest BCUT2D eigenvalue weighted by Crippen LogP contribution is -2.58. The number of aliphatic carboxylic acids is 1. The van der Waals surface area contributed by atoms with E-state index in [2.05, 4.69) is 30.9 Å². The lowest BCUT2D eigenvalue weighted by atomic mass is 9.98. The lowest BCUT2D eigenvalue weighted by molar-refractivity contribution is -0.144. The van der Waals surface area contributed by atoms with Crippen LogP contribution < -0.4 is 38.9 Å². The van der Waals surface area contributed by atoms with Gasteiger partial charge in [-0.15, -0.1) is 0 Å². The third-order valence-corrected chi connectivity index (χ3v) is 6.27. The Balaban J connectivity index is 3.02. The maximum atomic E-state index is 13.4. The summed E-state index contributed by atoms with van der Waals surface area (Å²) in [5, 5.41) is 17.5. The number of carboxylic acids is 1. The number of imidazole rings is 1. The molecular formula is C24H44N10O5. The van der Waals surface area contributed by atoms with Crippen LogP contribution in [0.1, 0.15) is 58.1 Å². The number of guanidine groups is 1. The molecule has 0 aromatic carbocycles. The summed E-state index contributed by atoms with van der Waals surface area (Å²) in [7, 11) is 0. The number of H-pyrrole nitrogens is 1. The summed E-state index contributed by atoms with van der Waals surface area (Å²) in [4.78, 5) is 61.6. The summed E-state index contributed by atoms with van der Waals surface area (Å²) in [5.41, 5.74) is 22.8. The Morgan fingerprint density at radius 2 is 1.69 bits per heavy atom. The summed E-state index contributed by atoms with van der Waals surface area (Å²) in [6.07, 6.45) is 5.63. The van der Waals surface area contributed by atoms with Gasteiger partial charge in [-0.2, -0.15) is 0 Å². The number of nitrogens with one attached hydrogen (secondary N) is 4. The first-order chi connectivity index (χ1) is 18.5. The molecule has 39 heavy (non-hydrogen) atoms. The SMILES string of the molecule is CCC(C)C(NC(=O)C(CCCCN)NC(=O)C(Cc1cnc[nH]1)NC(=O)C(N)CCCN=C(N)N)C(=O)O. The largest absolute Gasteiger partial charge is 0.480 e. The molecule has 5 atom stereocenters. The van der Waals surface area contributed by atoms with Gasteiger partial charge >= 0.3 is 5.97 Å². The molecule has 0 saturated carbocycles. The second-order valence-electron chi connectivity index (χ2n) is 9.45. The Bertz CT molecular complexity index is 936. The summed E-state index contributed by atoms with van der Waals surface area (Å²) in [5.74, 6) is -3.37. The number of aromatic amines is 1. The molecule has 5 unspecified atom stereocenters. The van der Waals surface area contributed by atoms with Crippen LogP contribution in [-0.2, 0) is 25.6 Å². The number of hydrogen-bond acceptors (Lipinski definition) is 8. The van der Waals surface area contributed by atoms with Crippen molar-refractivity contribution >= 4 is 29.7 Å². The zero-order valence-corrected chi connectivity index (χ0v) is 22.7. The van der Waals surface area contributed by atoms with Gasteiger partial charge in [0.25, 0.3) is 0 Å². The van der Waals surface area contributed by atoms with Crippen LogP contribution in [0.3, 0.4) is 0 Å². The van der Waals surface area contributed by atoms with E-state index in [-0.39, 0.29) is 31.1 Å². The molecule has 220 valence electrons. The number of carboxylic acid groups (broad SMARTS) is 1. The molecule has 0 radical (unpaired) electrons. The minimum Gasteiger partial charge on any atom is -0.480 e. The monoisotopic (exact) mass is 552 g/mol. The van der Waals surface area contributed by atoms with Crippen LogP contribution in [0.25, 0.3) is 0 Å². The summed E-state index contributed by atoms with van der Waals surface area (Å²) >= 11 is 0. The maximum Gasteiger partial charge on any atom is 0.326 e. The van der Waals surface area contributed by atoms with Gasteiger partial charge in [0.2, 0.25) is 17.7 Å². The molecule has 0 spiro atoms. The van der Waals surface area contributed by atoms with Crippen LogP contribution in [0.15, 0.2) is 17.5 Å². The number of amides is 3. The van der Waals surface area contributed by atoms with Crippen molar-refractivity contribution in [3.8, 4) is 0 Å². The molecule has 1 aromatic heterocycles. The van der Waals surface area contributed by atoms with Crippen molar-refractivity contribution < 1.29 is 24.3 Å². The topological polar surface area (TPSA) is 270 Å². The van der Waals surface area contributed by atoms with Crippen molar-refractivity contribution in [1.29, 1.82) is 0 Å². The smallest absolute Gasteiger partial charge is 0.326 e. The predicted molar refractivity (Wildman–Crippen MR) is 146 cm³/mol. The predicted octanol–water partition coefficient (Wildman–Crippen LogP) is -1.95. The number of hydrogen-bond donors (Lipinski definition) is 9.